The quantitative estimate of drug-likeness (QED) is 0.610. The topological polar surface area (TPSA) is 103 Å². The second kappa shape index (κ2) is 8.97. The van der Waals surface area contributed by atoms with Gasteiger partial charge in [-0.2, -0.15) is 5.10 Å². The highest BCUT2D eigenvalue weighted by Crippen LogP contribution is 2.29. The Bertz CT molecular complexity index is 1130. The highest BCUT2D eigenvalue weighted by molar-refractivity contribution is 7.13. The molecule has 0 radical (unpaired) electrons. The second-order valence-electron chi connectivity index (χ2n) is 7.76. The lowest BCUT2D eigenvalue weighted by molar-refractivity contribution is -0.135. The number of hydrogen-bond donors (Lipinski definition) is 1. The maximum Gasteiger partial charge on any atom is 0.339 e. The van der Waals surface area contributed by atoms with E-state index in [4.69, 9.17) is 4.74 Å². The lowest BCUT2D eigenvalue weighted by atomic mass is 9.89. The summed E-state index contributed by atoms with van der Waals surface area (Å²) in [5.74, 6) is -1.69. The zero-order chi connectivity index (χ0) is 22.0. The molecule has 1 saturated carbocycles. The molecule has 162 valence electrons. The molecule has 0 saturated heterocycles. The average molecular weight is 441 g/mol. The van der Waals surface area contributed by atoms with Crippen LogP contribution in [0.3, 0.4) is 0 Å². The number of esters is 1. The Labute approximate surface area is 183 Å². The highest BCUT2D eigenvalue weighted by atomic mass is 32.1. The fraction of sp³-hybridized carbons (Fsp3) is 0.409. The van der Waals surface area contributed by atoms with Gasteiger partial charge in [-0.05, 0) is 37.3 Å². The van der Waals surface area contributed by atoms with E-state index in [0.717, 1.165) is 37.0 Å². The van der Waals surface area contributed by atoms with Crippen molar-refractivity contribution in [3.8, 4) is 10.6 Å². The van der Waals surface area contributed by atoms with Crippen molar-refractivity contribution < 1.29 is 19.1 Å². The van der Waals surface area contributed by atoms with Gasteiger partial charge in [0.15, 0.2) is 12.3 Å². The summed E-state index contributed by atoms with van der Waals surface area (Å²) in [7, 11) is 1.76. The molecule has 0 bridgehead atoms. The number of ether oxygens (including phenoxy) is 1. The first-order valence-corrected chi connectivity index (χ1v) is 11.2. The fourth-order valence-corrected chi connectivity index (χ4v) is 4.69. The number of carbonyl (C=O) groups excluding carboxylic acids is 3. The van der Waals surface area contributed by atoms with Gasteiger partial charge in [-0.3, -0.25) is 19.6 Å². The Balaban J connectivity index is 1.50. The van der Waals surface area contributed by atoms with Crippen LogP contribution in [0, 0.1) is 12.8 Å². The fourth-order valence-electron chi connectivity index (χ4n) is 4.01. The molecule has 0 unspecified atom stereocenters. The molecule has 3 aromatic heterocycles. The normalized spacial score (nSPS) is 14.5. The molecule has 3 aromatic rings. The molecule has 1 aliphatic carbocycles. The third-order valence-corrected chi connectivity index (χ3v) is 6.43. The van der Waals surface area contributed by atoms with Gasteiger partial charge >= 0.3 is 5.97 Å². The van der Waals surface area contributed by atoms with E-state index in [-0.39, 0.29) is 11.8 Å². The summed E-state index contributed by atoms with van der Waals surface area (Å²) >= 11 is 1.51. The van der Waals surface area contributed by atoms with Crippen molar-refractivity contribution >= 4 is 40.2 Å². The summed E-state index contributed by atoms with van der Waals surface area (Å²) in [6.45, 7) is 1.27. The first kappa shape index (κ1) is 21.2. The number of nitrogens with one attached hydrogen (secondary N) is 1. The van der Waals surface area contributed by atoms with Gasteiger partial charge < -0.3 is 4.74 Å². The number of fused-ring (bicyclic) bond motifs is 1. The van der Waals surface area contributed by atoms with Crippen LogP contribution in [0.2, 0.25) is 0 Å². The van der Waals surface area contributed by atoms with Gasteiger partial charge in [0.1, 0.15) is 0 Å². The Morgan fingerprint density at radius 1 is 1.26 bits per heavy atom. The molecular weight excluding hydrogens is 416 g/mol. The van der Waals surface area contributed by atoms with Crippen molar-refractivity contribution in [2.75, 3.05) is 6.61 Å². The number of imide groups is 1. The van der Waals surface area contributed by atoms with E-state index in [1.165, 1.54) is 11.3 Å². The van der Waals surface area contributed by atoms with Crippen molar-refractivity contribution in [1.29, 1.82) is 0 Å². The van der Waals surface area contributed by atoms with Gasteiger partial charge in [-0.1, -0.05) is 25.3 Å². The molecule has 31 heavy (non-hydrogen) atoms. The highest BCUT2D eigenvalue weighted by Gasteiger charge is 2.24. The molecule has 8 nitrogen and oxygen atoms in total. The molecule has 4 rings (SSSR count). The van der Waals surface area contributed by atoms with Crippen LogP contribution in [0.25, 0.3) is 21.6 Å². The number of hydrogen-bond acceptors (Lipinski definition) is 7. The van der Waals surface area contributed by atoms with Gasteiger partial charge in [-0.25, -0.2) is 9.78 Å². The van der Waals surface area contributed by atoms with Crippen molar-refractivity contribution in [3.63, 3.8) is 0 Å². The van der Waals surface area contributed by atoms with Crippen LogP contribution in [-0.2, 0) is 21.4 Å². The van der Waals surface area contributed by atoms with Crippen LogP contribution in [0.4, 0.5) is 0 Å². The van der Waals surface area contributed by atoms with Crippen LogP contribution >= 0.6 is 11.3 Å². The summed E-state index contributed by atoms with van der Waals surface area (Å²) < 4.78 is 6.88. The van der Waals surface area contributed by atoms with Crippen molar-refractivity contribution in [2.24, 2.45) is 13.0 Å². The predicted molar refractivity (Wildman–Crippen MR) is 117 cm³/mol. The predicted octanol–water partition coefficient (Wildman–Crippen LogP) is 3.39. The van der Waals surface area contributed by atoms with E-state index < -0.39 is 18.5 Å². The molecule has 3 heterocycles. The average Bonchev–Trinajstić information content (AvgIpc) is 3.40. The van der Waals surface area contributed by atoms with E-state index in [9.17, 15) is 14.4 Å². The van der Waals surface area contributed by atoms with Crippen LogP contribution in [-0.4, -0.2) is 39.2 Å². The third-order valence-electron chi connectivity index (χ3n) is 5.54. The first-order chi connectivity index (χ1) is 14.9. The van der Waals surface area contributed by atoms with Crippen molar-refractivity contribution in [1.82, 2.24) is 20.1 Å². The van der Waals surface area contributed by atoms with Gasteiger partial charge in [0, 0.05) is 13.0 Å². The van der Waals surface area contributed by atoms with Crippen molar-refractivity contribution in [2.45, 2.75) is 39.0 Å². The maximum absolute atomic E-state index is 12.9. The van der Waals surface area contributed by atoms with Gasteiger partial charge in [0.25, 0.3) is 5.91 Å². The number of nitrogens with zero attached hydrogens (tertiary/aromatic N) is 3. The van der Waals surface area contributed by atoms with Gasteiger partial charge in [0.2, 0.25) is 5.91 Å². The van der Waals surface area contributed by atoms with Gasteiger partial charge in [0.05, 0.1) is 27.2 Å². The van der Waals surface area contributed by atoms with Gasteiger partial charge in [-0.15, -0.1) is 11.3 Å². The number of pyridine rings is 1. The molecular formula is C22H24N4O4S. The number of rotatable bonds is 5. The standard InChI is InChI=1S/C22H24N4O4S/c1-13-19-15(11-16(17-9-6-10-31-17)23-20(19)26(2)25-13)22(29)30-12-18(27)24-21(28)14-7-4-3-5-8-14/h6,9-11,14H,3-5,7-8,12H2,1-2H3,(H,24,27,28). The Morgan fingerprint density at radius 3 is 2.74 bits per heavy atom. The van der Waals surface area contributed by atoms with E-state index in [1.807, 2.05) is 17.5 Å². The smallest absolute Gasteiger partial charge is 0.339 e. The molecule has 9 heteroatoms. The minimum absolute atomic E-state index is 0.139. The molecule has 1 N–H and O–H groups in total. The lowest BCUT2D eigenvalue weighted by Crippen LogP contribution is -2.38. The van der Waals surface area contributed by atoms with E-state index in [0.29, 0.717) is 28.0 Å². The minimum Gasteiger partial charge on any atom is -0.452 e. The molecule has 0 atom stereocenters. The molecule has 0 aromatic carbocycles. The number of thiophene rings is 1. The van der Waals surface area contributed by atoms with Crippen LogP contribution in [0.15, 0.2) is 23.6 Å². The molecule has 1 aliphatic rings. The summed E-state index contributed by atoms with van der Waals surface area (Å²) in [6.07, 6.45) is 4.70. The van der Waals surface area contributed by atoms with Crippen LogP contribution < -0.4 is 5.32 Å². The number of aromatic nitrogens is 3. The van der Waals surface area contributed by atoms with E-state index >= 15 is 0 Å². The summed E-state index contributed by atoms with van der Waals surface area (Å²) in [4.78, 5) is 42.9. The lowest BCUT2D eigenvalue weighted by Gasteiger charge is -2.20. The zero-order valence-corrected chi connectivity index (χ0v) is 18.3. The molecule has 1 fully saturated rings. The Hall–Kier alpha value is -3.07. The Morgan fingerprint density at radius 2 is 2.03 bits per heavy atom. The van der Waals surface area contributed by atoms with E-state index in [2.05, 4.69) is 15.4 Å². The molecule has 0 spiro atoms. The Kier molecular flexibility index (Phi) is 6.13. The van der Waals surface area contributed by atoms with E-state index in [1.54, 1.807) is 24.7 Å². The zero-order valence-electron chi connectivity index (χ0n) is 17.5. The third kappa shape index (κ3) is 4.51. The monoisotopic (exact) mass is 440 g/mol. The maximum atomic E-state index is 12.9. The summed E-state index contributed by atoms with van der Waals surface area (Å²) in [5, 5.41) is 9.25. The minimum atomic E-state index is -0.651. The first-order valence-electron chi connectivity index (χ1n) is 10.3. The second-order valence-corrected chi connectivity index (χ2v) is 8.71. The summed E-state index contributed by atoms with van der Waals surface area (Å²) in [5.41, 5.74) is 2.14. The number of carbonyl (C=O) groups is 3. The largest absolute Gasteiger partial charge is 0.452 e. The number of aryl methyl sites for hydroxylation is 2. The van der Waals surface area contributed by atoms with Crippen LogP contribution in [0.5, 0.6) is 0 Å². The number of amides is 2. The molecule has 2 amide bonds. The SMILES string of the molecule is Cc1nn(C)c2nc(-c3cccs3)cc(C(=O)OCC(=O)NC(=O)C3CCCCC3)c12. The van der Waals surface area contributed by atoms with Crippen molar-refractivity contribution in [3.05, 3.63) is 34.8 Å². The van der Waals surface area contributed by atoms with Crippen LogP contribution in [0.1, 0.15) is 48.2 Å². The summed E-state index contributed by atoms with van der Waals surface area (Å²) in [6, 6.07) is 5.49. The molecule has 0 aliphatic heterocycles.